The minimum atomic E-state index is -0.0892. The maximum atomic E-state index is 13.6. The molecule has 3 aromatic rings. The van der Waals surface area contributed by atoms with Crippen LogP contribution >= 0.6 is 0 Å². The number of methoxy groups -OCH3 is 2. The van der Waals surface area contributed by atoms with Gasteiger partial charge < -0.3 is 9.47 Å². The molecule has 0 aliphatic heterocycles. The van der Waals surface area contributed by atoms with Gasteiger partial charge in [-0.2, -0.15) is 0 Å². The van der Waals surface area contributed by atoms with Crippen LogP contribution in [0.1, 0.15) is 34.5 Å². The van der Waals surface area contributed by atoms with E-state index < -0.39 is 0 Å². The third kappa shape index (κ3) is 2.40. The van der Waals surface area contributed by atoms with Gasteiger partial charge in [0.2, 0.25) is 0 Å². The molecule has 0 saturated carbocycles. The van der Waals surface area contributed by atoms with E-state index in [1.807, 2.05) is 28.8 Å². The highest BCUT2D eigenvalue weighted by molar-refractivity contribution is 6.07. The average molecular weight is 335 g/mol. The van der Waals surface area contributed by atoms with E-state index in [1.54, 1.807) is 26.4 Å². The number of fused-ring (bicyclic) bond motifs is 3. The number of para-hydroxylation sites is 1. The summed E-state index contributed by atoms with van der Waals surface area (Å²) in [5.74, 6) is 0.979. The maximum absolute atomic E-state index is 13.6. The summed E-state index contributed by atoms with van der Waals surface area (Å²) < 4.78 is 12.8. The summed E-state index contributed by atoms with van der Waals surface area (Å²) in [6, 6.07) is 13.6. The maximum Gasteiger partial charge on any atom is 0.270 e. The molecule has 0 atom stereocenters. The van der Waals surface area contributed by atoms with Gasteiger partial charge >= 0.3 is 0 Å². The second kappa shape index (κ2) is 6.28. The number of carbonyl (C=O) groups is 1. The lowest BCUT2D eigenvalue weighted by molar-refractivity contribution is 0.0955. The van der Waals surface area contributed by atoms with Crippen LogP contribution in [0.25, 0.3) is 10.9 Å². The lowest BCUT2D eigenvalue weighted by Gasteiger charge is -2.17. The first kappa shape index (κ1) is 15.8. The summed E-state index contributed by atoms with van der Waals surface area (Å²) in [4.78, 5) is 13.6. The smallest absolute Gasteiger partial charge is 0.270 e. The van der Waals surface area contributed by atoms with Crippen LogP contribution in [-0.2, 0) is 12.8 Å². The first-order valence-corrected chi connectivity index (χ1v) is 8.63. The topological polar surface area (TPSA) is 40.5 Å². The van der Waals surface area contributed by atoms with Gasteiger partial charge in [-0.1, -0.05) is 24.3 Å². The number of rotatable bonds is 3. The second-order valence-corrected chi connectivity index (χ2v) is 6.33. The molecule has 0 spiro atoms. The van der Waals surface area contributed by atoms with Crippen molar-refractivity contribution in [3.63, 3.8) is 0 Å². The number of hydrogen-bond acceptors (Lipinski definition) is 3. The van der Waals surface area contributed by atoms with Gasteiger partial charge in [0, 0.05) is 11.1 Å². The van der Waals surface area contributed by atoms with Gasteiger partial charge in [-0.25, -0.2) is 0 Å². The Morgan fingerprint density at radius 2 is 1.60 bits per heavy atom. The van der Waals surface area contributed by atoms with Gasteiger partial charge in [-0.15, -0.1) is 0 Å². The fraction of sp³-hybridized carbons (Fsp3) is 0.286. The van der Waals surface area contributed by atoms with Crippen LogP contribution in [0.2, 0.25) is 0 Å². The van der Waals surface area contributed by atoms with Crippen LogP contribution in [0.5, 0.6) is 11.5 Å². The minimum Gasteiger partial charge on any atom is -0.496 e. The van der Waals surface area contributed by atoms with Gasteiger partial charge in [0.25, 0.3) is 5.91 Å². The average Bonchev–Trinajstić information content (AvgIpc) is 3.01. The lowest BCUT2D eigenvalue weighted by Crippen LogP contribution is -2.18. The fourth-order valence-electron chi connectivity index (χ4n) is 3.90. The number of ether oxygens (including phenoxy) is 2. The zero-order chi connectivity index (χ0) is 17.4. The molecule has 0 unspecified atom stereocenters. The van der Waals surface area contributed by atoms with Crippen molar-refractivity contribution in [3.8, 4) is 11.5 Å². The third-order valence-electron chi connectivity index (χ3n) is 5.02. The zero-order valence-electron chi connectivity index (χ0n) is 14.5. The van der Waals surface area contributed by atoms with Gasteiger partial charge in [-0.3, -0.25) is 9.36 Å². The Hall–Kier alpha value is -2.75. The Morgan fingerprint density at radius 1 is 0.920 bits per heavy atom. The van der Waals surface area contributed by atoms with E-state index in [0.29, 0.717) is 17.1 Å². The van der Waals surface area contributed by atoms with E-state index in [-0.39, 0.29) is 5.91 Å². The van der Waals surface area contributed by atoms with Crippen LogP contribution in [0, 0.1) is 0 Å². The van der Waals surface area contributed by atoms with Crippen LogP contribution in [0.3, 0.4) is 0 Å². The quantitative estimate of drug-likeness (QED) is 0.719. The number of aromatic nitrogens is 1. The summed E-state index contributed by atoms with van der Waals surface area (Å²) >= 11 is 0. The molecule has 0 radical (unpaired) electrons. The third-order valence-corrected chi connectivity index (χ3v) is 5.02. The molecule has 0 bridgehead atoms. The standard InChI is InChI=1S/C21H21NO3/c1-24-18-12-7-13-19(25-2)20(18)21(23)22-16-10-5-3-8-14(16)15-9-4-6-11-17(15)22/h3,5,7-8,10,12-13H,4,6,9,11H2,1-2H3. The monoisotopic (exact) mass is 335 g/mol. The summed E-state index contributed by atoms with van der Waals surface area (Å²) in [6.45, 7) is 0. The molecule has 4 heteroatoms. The molecule has 1 aliphatic carbocycles. The van der Waals surface area contributed by atoms with Crippen LogP contribution in [0.15, 0.2) is 42.5 Å². The van der Waals surface area contributed by atoms with Crippen molar-refractivity contribution < 1.29 is 14.3 Å². The van der Waals surface area contributed by atoms with Gasteiger partial charge in [0.15, 0.2) is 0 Å². The lowest BCUT2D eigenvalue weighted by atomic mass is 9.95. The molecular weight excluding hydrogens is 314 g/mol. The predicted molar refractivity (Wildman–Crippen MR) is 97.9 cm³/mol. The summed E-state index contributed by atoms with van der Waals surface area (Å²) in [6.07, 6.45) is 4.24. The molecule has 1 aromatic heterocycles. The molecule has 25 heavy (non-hydrogen) atoms. The Balaban J connectivity index is 1.99. The molecule has 1 aliphatic rings. The molecule has 4 nitrogen and oxygen atoms in total. The second-order valence-electron chi connectivity index (χ2n) is 6.33. The van der Waals surface area contributed by atoms with Gasteiger partial charge in [0.1, 0.15) is 17.1 Å². The summed E-state index contributed by atoms with van der Waals surface area (Å²) in [5.41, 5.74) is 3.88. The molecule has 0 N–H and O–H groups in total. The molecule has 0 fully saturated rings. The van der Waals surface area contributed by atoms with Crippen molar-refractivity contribution in [2.75, 3.05) is 14.2 Å². The first-order valence-electron chi connectivity index (χ1n) is 8.63. The van der Waals surface area contributed by atoms with E-state index in [9.17, 15) is 4.79 Å². The molecule has 1 heterocycles. The van der Waals surface area contributed by atoms with E-state index in [0.717, 1.165) is 30.5 Å². The van der Waals surface area contributed by atoms with Crippen LogP contribution < -0.4 is 9.47 Å². The minimum absolute atomic E-state index is 0.0892. The summed E-state index contributed by atoms with van der Waals surface area (Å²) in [7, 11) is 3.16. The molecule has 2 aromatic carbocycles. The van der Waals surface area contributed by atoms with Crippen LogP contribution in [0.4, 0.5) is 0 Å². The highest BCUT2D eigenvalue weighted by Crippen LogP contribution is 2.35. The molecule has 0 amide bonds. The number of benzene rings is 2. The normalized spacial score (nSPS) is 13.5. The van der Waals surface area contributed by atoms with Crippen molar-refractivity contribution in [3.05, 3.63) is 59.3 Å². The SMILES string of the molecule is COc1cccc(OC)c1C(=O)n1c2c(c3ccccc31)CCCC2. The number of nitrogens with zero attached hydrogens (tertiary/aromatic N) is 1. The van der Waals surface area contributed by atoms with Crippen molar-refractivity contribution >= 4 is 16.8 Å². The Bertz CT molecular complexity index is 933. The van der Waals surface area contributed by atoms with E-state index in [1.165, 1.54) is 17.4 Å². The van der Waals surface area contributed by atoms with Crippen LogP contribution in [-0.4, -0.2) is 24.7 Å². The highest BCUT2D eigenvalue weighted by Gasteiger charge is 2.27. The number of aryl methyl sites for hydroxylation is 1. The highest BCUT2D eigenvalue weighted by atomic mass is 16.5. The summed E-state index contributed by atoms with van der Waals surface area (Å²) in [5, 5.41) is 1.18. The van der Waals surface area contributed by atoms with Crippen molar-refractivity contribution in [2.24, 2.45) is 0 Å². The molecule has 128 valence electrons. The van der Waals surface area contributed by atoms with Gasteiger partial charge in [0.05, 0.1) is 19.7 Å². The van der Waals surface area contributed by atoms with Crippen molar-refractivity contribution in [1.29, 1.82) is 0 Å². The number of carbonyl (C=O) groups excluding carboxylic acids is 1. The zero-order valence-corrected chi connectivity index (χ0v) is 14.5. The Labute approximate surface area is 147 Å². The molecular formula is C21H21NO3. The largest absolute Gasteiger partial charge is 0.496 e. The van der Waals surface area contributed by atoms with E-state index >= 15 is 0 Å². The van der Waals surface area contributed by atoms with E-state index in [4.69, 9.17) is 9.47 Å². The van der Waals surface area contributed by atoms with Gasteiger partial charge in [-0.05, 0) is 49.4 Å². The van der Waals surface area contributed by atoms with E-state index in [2.05, 4.69) is 6.07 Å². The number of hydrogen-bond donors (Lipinski definition) is 0. The Morgan fingerprint density at radius 3 is 2.32 bits per heavy atom. The van der Waals surface area contributed by atoms with Crippen molar-refractivity contribution in [1.82, 2.24) is 4.57 Å². The fourth-order valence-corrected chi connectivity index (χ4v) is 3.90. The van der Waals surface area contributed by atoms with Crippen molar-refractivity contribution in [2.45, 2.75) is 25.7 Å². The molecule has 0 saturated heterocycles. The molecule has 4 rings (SSSR count). The predicted octanol–water partition coefficient (Wildman–Crippen LogP) is 4.23. The first-order chi connectivity index (χ1) is 12.3. The Kier molecular flexibility index (Phi) is 3.96.